The maximum atomic E-state index is 12.7. The van der Waals surface area contributed by atoms with Crippen molar-refractivity contribution in [2.75, 3.05) is 13.1 Å². The van der Waals surface area contributed by atoms with Crippen molar-refractivity contribution >= 4 is 17.2 Å². The molecule has 3 heterocycles. The van der Waals surface area contributed by atoms with E-state index in [0.29, 0.717) is 24.7 Å². The minimum absolute atomic E-state index is 0.0547. The summed E-state index contributed by atoms with van der Waals surface area (Å²) in [5.74, 6) is 1.25. The first-order valence-corrected chi connectivity index (χ1v) is 8.72. The summed E-state index contributed by atoms with van der Waals surface area (Å²) in [6.07, 6.45) is 1.35. The topological polar surface area (TPSA) is 79.5 Å². The predicted molar refractivity (Wildman–Crippen MR) is 84.0 cm³/mol. The highest BCUT2D eigenvalue weighted by Gasteiger charge is 2.51. The van der Waals surface area contributed by atoms with Crippen LogP contribution in [0.2, 0.25) is 0 Å². The van der Waals surface area contributed by atoms with Gasteiger partial charge in [0.1, 0.15) is 0 Å². The van der Waals surface area contributed by atoms with Crippen LogP contribution >= 0.6 is 11.3 Å². The number of hydrogen-bond donors (Lipinski definition) is 1. The van der Waals surface area contributed by atoms with Crippen LogP contribution < -0.4 is 0 Å². The van der Waals surface area contributed by atoms with Gasteiger partial charge in [-0.1, -0.05) is 5.16 Å². The Hall–Kier alpha value is -1.73. The minimum Gasteiger partial charge on any atom is -0.378 e. The number of carbonyl (C=O) groups excluding carboxylic acids is 1. The Morgan fingerprint density at radius 1 is 1.52 bits per heavy atom. The zero-order valence-corrected chi connectivity index (χ0v) is 14.0. The zero-order chi connectivity index (χ0) is 16.2. The summed E-state index contributed by atoms with van der Waals surface area (Å²) < 4.78 is 5.10. The summed E-state index contributed by atoms with van der Waals surface area (Å²) in [5, 5.41) is 16.5. The van der Waals surface area contributed by atoms with E-state index >= 15 is 0 Å². The number of hydrogen-bond acceptors (Lipinski definition) is 6. The first-order chi connectivity index (χ1) is 11.0. The molecule has 2 aromatic heterocycles. The van der Waals surface area contributed by atoms with Crippen molar-refractivity contribution in [2.24, 2.45) is 5.92 Å². The normalized spacial score (nSPS) is 30.0. The number of rotatable bonds is 3. The Morgan fingerprint density at radius 2 is 2.35 bits per heavy atom. The molecule has 7 heteroatoms. The summed E-state index contributed by atoms with van der Waals surface area (Å²) in [5.41, 5.74) is 0.0646. The fraction of sp³-hybridized carbons (Fsp3) is 0.562. The Labute approximate surface area is 138 Å². The third kappa shape index (κ3) is 2.48. The van der Waals surface area contributed by atoms with Gasteiger partial charge >= 0.3 is 0 Å². The highest BCUT2D eigenvalue weighted by atomic mass is 32.1. The molecule has 2 aliphatic rings. The molecule has 2 aromatic rings. The van der Waals surface area contributed by atoms with Gasteiger partial charge < -0.3 is 14.5 Å². The standard InChI is InChI=1S/C16H19N3O3S/c1-9-3-6-23-13(9)11-7-12(11)14(20)19-5-4-16(21,8-19)15-17-10(2)18-22-15/h3,6,11-12,21H,4-5,7-8H2,1-2H3/t11-,12-,16?/m1/s1. The van der Waals surface area contributed by atoms with Crippen molar-refractivity contribution in [2.45, 2.75) is 38.2 Å². The Balaban J connectivity index is 1.44. The molecule has 1 saturated carbocycles. The molecule has 4 rings (SSSR count). The summed E-state index contributed by atoms with van der Waals surface area (Å²) in [6.45, 7) is 4.58. The lowest BCUT2D eigenvalue weighted by molar-refractivity contribution is -0.132. The molecule has 1 aliphatic heterocycles. The molecule has 3 atom stereocenters. The molecule has 1 unspecified atom stereocenters. The highest BCUT2D eigenvalue weighted by molar-refractivity contribution is 7.10. The second-order valence-corrected chi connectivity index (χ2v) is 7.55. The number of likely N-dealkylation sites (tertiary alicyclic amines) is 1. The van der Waals surface area contributed by atoms with Gasteiger partial charge in [0.15, 0.2) is 11.4 Å². The van der Waals surface area contributed by atoms with Crippen molar-refractivity contribution in [3.8, 4) is 0 Å². The van der Waals surface area contributed by atoms with E-state index in [1.54, 1.807) is 23.2 Å². The molecule has 6 nitrogen and oxygen atoms in total. The van der Waals surface area contributed by atoms with Crippen LogP contribution in [-0.2, 0) is 10.4 Å². The maximum absolute atomic E-state index is 12.7. The molecule has 1 saturated heterocycles. The molecular weight excluding hydrogens is 314 g/mol. The summed E-state index contributed by atoms with van der Waals surface area (Å²) >= 11 is 1.73. The van der Waals surface area contributed by atoms with Gasteiger partial charge in [-0.05, 0) is 37.3 Å². The molecule has 1 aliphatic carbocycles. The van der Waals surface area contributed by atoms with Crippen molar-refractivity contribution in [1.82, 2.24) is 15.0 Å². The van der Waals surface area contributed by atoms with Crippen LogP contribution in [0.5, 0.6) is 0 Å². The number of amides is 1. The first kappa shape index (κ1) is 14.8. The SMILES string of the molecule is Cc1noc(C2(O)CCN(C(=O)[C@@H]3C[C@H]3c3sccc3C)C2)n1. The average molecular weight is 333 g/mol. The van der Waals surface area contributed by atoms with E-state index in [4.69, 9.17) is 4.52 Å². The molecule has 0 aromatic carbocycles. The van der Waals surface area contributed by atoms with Crippen molar-refractivity contribution in [1.29, 1.82) is 0 Å². The van der Waals surface area contributed by atoms with E-state index in [0.717, 1.165) is 6.42 Å². The molecule has 122 valence electrons. The molecule has 0 spiro atoms. The van der Waals surface area contributed by atoms with E-state index in [1.807, 2.05) is 0 Å². The maximum Gasteiger partial charge on any atom is 0.260 e. The molecule has 2 fully saturated rings. The monoisotopic (exact) mass is 333 g/mol. The predicted octanol–water partition coefficient (Wildman–Crippen LogP) is 1.97. The van der Waals surface area contributed by atoms with Crippen molar-refractivity contribution in [3.05, 3.63) is 33.6 Å². The van der Waals surface area contributed by atoms with Gasteiger partial charge in [-0.15, -0.1) is 11.3 Å². The van der Waals surface area contributed by atoms with Gasteiger partial charge in [0.05, 0.1) is 6.54 Å². The molecule has 1 amide bonds. The van der Waals surface area contributed by atoms with Crippen LogP contribution in [-0.4, -0.2) is 39.1 Å². The lowest BCUT2D eigenvalue weighted by Gasteiger charge is -2.19. The quantitative estimate of drug-likeness (QED) is 0.929. The summed E-state index contributed by atoms with van der Waals surface area (Å²) in [6, 6.07) is 2.10. The lowest BCUT2D eigenvalue weighted by atomic mass is 10.0. The number of nitrogens with zero attached hydrogens (tertiary/aromatic N) is 3. The summed E-state index contributed by atoms with van der Waals surface area (Å²) in [7, 11) is 0. The van der Waals surface area contributed by atoms with E-state index in [9.17, 15) is 9.90 Å². The molecule has 0 bridgehead atoms. The van der Waals surface area contributed by atoms with E-state index in [-0.39, 0.29) is 24.3 Å². The third-order valence-corrected chi connectivity index (χ3v) is 5.98. The highest BCUT2D eigenvalue weighted by Crippen LogP contribution is 2.51. The van der Waals surface area contributed by atoms with Gasteiger partial charge in [-0.25, -0.2) is 0 Å². The van der Waals surface area contributed by atoms with Crippen molar-refractivity contribution < 1.29 is 14.4 Å². The third-order valence-electron chi connectivity index (χ3n) is 4.83. The van der Waals surface area contributed by atoms with Gasteiger partial charge in [-0.3, -0.25) is 4.79 Å². The van der Waals surface area contributed by atoms with E-state index in [2.05, 4.69) is 28.5 Å². The molecular formula is C16H19N3O3S. The lowest BCUT2D eigenvalue weighted by Crippen LogP contribution is -2.35. The molecule has 1 N–H and O–H groups in total. The Morgan fingerprint density at radius 3 is 3.00 bits per heavy atom. The van der Waals surface area contributed by atoms with E-state index < -0.39 is 5.60 Å². The van der Waals surface area contributed by atoms with Gasteiger partial charge in [0.25, 0.3) is 5.89 Å². The van der Waals surface area contributed by atoms with Crippen molar-refractivity contribution in [3.63, 3.8) is 0 Å². The fourth-order valence-electron chi connectivity index (χ4n) is 3.40. The Kier molecular flexibility index (Phi) is 3.32. The fourth-order valence-corrected chi connectivity index (χ4v) is 4.51. The van der Waals surface area contributed by atoms with Gasteiger partial charge in [-0.2, -0.15) is 4.98 Å². The number of thiophene rings is 1. The Bertz CT molecular complexity index is 755. The van der Waals surface area contributed by atoms with Crippen LogP contribution in [0.1, 0.15) is 40.9 Å². The van der Waals surface area contributed by atoms with Crippen LogP contribution in [0.15, 0.2) is 16.0 Å². The average Bonchev–Trinajstić information content (AvgIpc) is 2.86. The molecule has 23 heavy (non-hydrogen) atoms. The largest absolute Gasteiger partial charge is 0.378 e. The second-order valence-electron chi connectivity index (χ2n) is 6.60. The van der Waals surface area contributed by atoms with Gasteiger partial charge in [0.2, 0.25) is 5.91 Å². The second kappa shape index (κ2) is 5.14. The zero-order valence-electron chi connectivity index (χ0n) is 13.2. The van der Waals surface area contributed by atoms with Crippen LogP contribution in [0.3, 0.4) is 0 Å². The van der Waals surface area contributed by atoms with Gasteiger partial charge in [0, 0.05) is 29.7 Å². The molecule has 0 radical (unpaired) electrons. The number of β-amino-alcohol motifs (C(OH)–C–C–N with tert-alkyl or cyclic N) is 1. The number of aromatic nitrogens is 2. The summed E-state index contributed by atoms with van der Waals surface area (Å²) in [4.78, 5) is 19.9. The van der Waals surface area contributed by atoms with E-state index in [1.165, 1.54) is 10.4 Å². The number of carbonyl (C=O) groups is 1. The number of aliphatic hydroxyl groups is 1. The smallest absolute Gasteiger partial charge is 0.260 e. The van der Waals surface area contributed by atoms with Crippen LogP contribution in [0.4, 0.5) is 0 Å². The minimum atomic E-state index is -1.21. The van der Waals surface area contributed by atoms with Crippen LogP contribution in [0.25, 0.3) is 0 Å². The number of aryl methyl sites for hydroxylation is 2. The first-order valence-electron chi connectivity index (χ1n) is 7.84. The van der Waals surface area contributed by atoms with Crippen LogP contribution in [0, 0.1) is 19.8 Å².